The highest BCUT2D eigenvalue weighted by Crippen LogP contribution is 2.44. The maximum atomic E-state index is 12.6. The number of esters is 2. The normalized spacial score (nSPS) is 26.6. The van der Waals surface area contributed by atoms with Crippen molar-refractivity contribution in [3.05, 3.63) is 72.3 Å². The number of ketones is 1. The van der Waals surface area contributed by atoms with Gasteiger partial charge in [-0.05, 0) is 30.3 Å². The highest BCUT2D eigenvalue weighted by molar-refractivity contribution is 5.93. The van der Waals surface area contributed by atoms with Gasteiger partial charge < -0.3 is 18.9 Å². The van der Waals surface area contributed by atoms with Gasteiger partial charge in [0.2, 0.25) is 5.78 Å². The van der Waals surface area contributed by atoms with Crippen molar-refractivity contribution in [3.63, 3.8) is 0 Å². The van der Waals surface area contributed by atoms with E-state index in [9.17, 15) is 14.4 Å². The van der Waals surface area contributed by atoms with Crippen LogP contribution in [0.2, 0.25) is 0 Å². The van der Waals surface area contributed by atoms with Crippen LogP contribution in [0.5, 0.6) is 11.5 Å². The summed E-state index contributed by atoms with van der Waals surface area (Å²) in [7, 11) is 0. The van der Waals surface area contributed by atoms with Crippen molar-refractivity contribution in [2.45, 2.75) is 31.3 Å². The highest BCUT2D eigenvalue weighted by Gasteiger charge is 2.50. The van der Waals surface area contributed by atoms with Gasteiger partial charge in [0.05, 0.1) is 12.0 Å². The molecule has 1 saturated carbocycles. The van der Waals surface area contributed by atoms with Crippen LogP contribution in [0.4, 0.5) is 0 Å². The fourth-order valence-corrected chi connectivity index (χ4v) is 4.37. The maximum absolute atomic E-state index is 12.6. The lowest BCUT2D eigenvalue weighted by atomic mass is 9.91. The van der Waals surface area contributed by atoms with E-state index < -0.39 is 18.4 Å². The number of carbonyl (C=O) groups is 3. The molecule has 0 unspecified atom stereocenters. The van der Waals surface area contributed by atoms with Crippen LogP contribution in [0.3, 0.4) is 0 Å². The lowest BCUT2D eigenvalue weighted by Crippen LogP contribution is -2.28. The number of rotatable bonds is 5. The van der Waals surface area contributed by atoms with Crippen molar-refractivity contribution in [2.24, 2.45) is 11.8 Å². The van der Waals surface area contributed by atoms with E-state index in [2.05, 4.69) is 0 Å². The minimum atomic E-state index is -1.06. The molecule has 0 radical (unpaired) electrons. The standard InChI is InChI=1S/C24H20O7/c25-17(24-30-18-8-4-5-9-19(18)31-24)11-10-15-16-12-22(26)28-21(16)13-20(15)29-23(27)14-6-2-1-3-7-14/h1-11,15-16,20-21,24H,12-13H2/t15-,16-,20-,21+/m1/s1. The first kappa shape index (κ1) is 19.4. The third-order valence-corrected chi connectivity index (χ3v) is 5.85. The van der Waals surface area contributed by atoms with Crippen molar-refractivity contribution in [3.8, 4) is 11.5 Å². The number of para-hydroxylation sites is 2. The van der Waals surface area contributed by atoms with E-state index in [1.807, 2.05) is 6.07 Å². The van der Waals surface area contributed by atoms with Gasteiger partial charge in [-0.15, -0.1) is 0 Å². The molecule has 1 saturated heterocycles. The van der Waals surface area contributed by atoms with Gasteiger partial charge in [-0.1, -0.05) is 36.4 Å². The fraction of sp³-hybridized carbons (Fsp3) is 0.292. The Bertz CT molecular complexity index is 1020. The fourth-order valence-electron chi connectivity index (χ4n) is 4.37. The molecule has 3 aliphatic rings. The summed E-state index contributed by atoms with van der Waals surface area (Å²) in [6, 6.07) is 15.8. The average Bonchev–Trinajstić information content (AvgIpc) is 3.45. The lowest BCUT2D eigenvalue weighted by Gasteiger charge is -2.20. The Hall–Kier alpha value is -3.61. The molecule has 2 fully saturated rings. The molecule has 31 heavy (non-hydrogen) atoms. The van der Waals surface area contributed by atoms with Crippen LogP contribution in [-0.2, 0) is 19.1 Å². The predicted octanol–water partition coefficient (Wildman–Crippen LogP) is 3.09. The summed E-state index contributed by atoms with van der Waals surface area (Å²) in [6.07, 6.45) is 1.83. The first-order valence-electron chi connectivity index (χ1n) is 10.2. The molecule has 0 amide bonds. The molecule has 2 aromatic rings. The van der Waals surface area contributed by atoms with Crippen LogP contribution in [0.15, 0.2) is 66.7 Å². The van der Waals surface area contributed by atoms with Crippen molar-refractivity contribution < 1.29 is 33.3 Å². The summed E-state index contributed by atoms with van der Waals surface area (Å²) in [4.78, 5) is 36.9. The number of carbonyl (C=O) groups excluding carboxylic acids is 3. The van der Waals surface area contributed by atoms with E-state index in [-0.39, 0.29) is 36.1 Å². The van der Waals surface area contributed by atoms with Crippen molar-refractivity contribution in [1.82, 2.24) is 0 Å². The second kappa shape index (κ2) is 7.91. The quantitative estimate of drug-likeness (QED) is 0.543. The van der Waals surface area contributed by atoms with Crippen molar-refractivity contribution in [2.75, 3.05) is 0 Å². The van der Waals surface area contributed by atoms with E-state index in [0.717, 1.165) is 0 Å². The number of hydrogen-bond donors (Lipinski definition) is 0. The molecule has 1 aliphatic carbocycles. The molecule has 7 heteroatoms. The summed E-state index contributed by atoms with van der Waals surface area (Å²) >= 11 is 0. The molecule has 2 aliphatic heterocycles. The van der Waals surface area contributed by atoms with E-state index >= 15 is 0 Å². The molecular weight excluding hydrogens is 400 g/mol. The summed E-state index contributed by atoms with van der Waals surface area (Å²) in [6.45, 7) is 0. The smallest absolute Gasteiger partial charge is 0.338 e. The minimum absolute atomic E-state index is 0.146. The molecule has 0 bridgehead atoms. The Morgan fingerprint density at radius 1 is 0.935 bits per heavy atom. The van der Waals surface area contributed by atoms with Gasteiger partial charge in [0.15, 0.2) is 11.5 Å². The van der Waals surface area contributed by atoms with E-state index in [1.54, 1.807) is 54.6 Å². The Morgan fingerprint density at radius 3 is 2.32 bits per heavy atom. The third-order valence-electron chi connectivity index (χ3n) is 5.85. The second-order valence-electron chi connectivity index (χ2n) is 7.79. The van der Waals surface area contributed by atoms with Crippen LogP contribution in [0.1, 0.15) is 23.2 Å². The van der Waals surface area contributed by atoms with Crippen LogP contribution < -0.4 is 9.47 Å². The van der Waals surface area contributed by atoms with Crippen LogP contribution in [-0.4, -0.2) is 36.2 Å². The minimum Gasteiger partial charge on any atom is -0.462 e. The maximum Gasteiger partial charge on any atom is 0.338 e. The predicted molar refractivity (Wildman–Crippen MR) is 107 cm³/mol. The first-order chi connectivity index (χ1) is 15.1. The second-order valence-corrected chi connectivity index (χ2v) is 7.79. The zero-order chi connectivity index (χ0) is 21.4. The molecule has 0 aromatic heterocycles. The largest absolute Gasteiger partial charge is 0.462 e. The zero-order valence-electron chi connectivity index (χ0n) is 16.5. The molecular formula is C24H20O7. The zero-order valence-corrected chi connectivity index (χ0v) is 16.5. The number of ether oxygens (including phenoxy) is 4. The van der Waals surface area contributed by atoms with Crippen LogP contribution in [0.25, 0.3) is 0 Å². The summed E-state index contributed by atoms with van der Waals surface area (Å²) in [5.74, 6) is -0.521. The summed E-state index contributed by atoms with van der Waals surface area (Å²) in [5.41, 5.74) is 0.445. The van der Waals surface area contributed by atoms with Gasteiger partial charge in [-0.3, -0.25) is 9.59 Å². The van der Waals surface area contributed by atoms with Gasteiger partial charge in [0, 0.05) is 18.3 Å². The summed E-state index contributed by atoms with van der Waals surface area (Å²) < 4.78 is 22.2. The Labute approximate surface area is 178 Å². The Morgan fingerprint density at radius 2 is 1.61 bits per heavy atom. The molecule has 7 nitrogen and oxygen atoms in total. The molecule has 2 aromatic carbocycles. The van der Waals surface area contributed by atoms with Gasteiger partial charge in [0.1, 0.15) is 12.2 Å². The molecule has 0 N–H and O–H groups in total. The number of fused-ring (bicyclic) bond motifs is 2. The third kappa shape index (κ3) is 3.79. The Kier molecular flexibility index (Phi) is 4.94. The van der Waals surface area contributed by atoms with Gasteiger partial charge in [-0.25, -0.2) is 4.79 Å². The highest BCUT2D eigenvalue weighted by atomic mass is 16.7. The SMILES string of the molecule is O=C1C[C@@H]2[C@@H](C=CC(=O)C3Oc4ccccc4O3)[C@H](OC(=O)c3ccccc3)C[C@@H]2O1. The van der Waals surface area contributed by atoms with Gasteiger partial charge in [0.25, 0.3) is 0 Å². The average molecular weight is 420 g/mol. The molecule has 5 rings (SSSR count). The van der Waals surface area contributed by atoms with E-state index in [1.165, 1.54) is 6.08 Å². The molecule has 2 heterocycles. The molecule has 158 valence electrons. The topological polar surface area (TPSA) is 88.1 Å². The van der Waals surface area contributed by atoms with Crippen LogP contribution >= 0.6 is 0 Å². The summed E-state index contributed by atoms with van der Waals surface area (Å²) in [5, 5.41) is 0. The van der Waals surface area contributed by atoms with Crippen LogP contribution in [0, 0.1) is 11.8 Å². The van der Waals surface area contributed by atoms with Crippen molar-refractivity contribution in [1.29, 1.82) is 0 Å². The lowest BCUT2D eigenvalue weighted by molar-refractivity contribution is -0.141. The van der Waals surface area contributed by atoms with Gasteiger partial charge in [-0.2, -0.15) is 0 Å². The van der Waals surface area contributed by atoms with E-state index in [0.29, 0.717) is 23.5 Å². The molecule has 0 spiro atoms. The first-order valence-corrected chi connectivity index (χ1v) is 10.2. The Balaban J connectivity index is 1.30. The number of hydrogen-bond acceptors (Lipinski definition) is 7. The number of benzene rings is 2. The van der Waals surface area contributed by atoms with E-state index in [4.69, 9.17) is 18.9 Å². The van der Waals surface area contributed by atoms with Crippen molar-refractivity contribution >= 4 is 17.7 Å². The molecule has 4 atom stereocenters. The monoisotopic (exact) mass is 420 g/mol. The van der Waals surface area contributed by atoms with Gasteiger partial charge >= 0.3 is 18.2 Å².